The molecule has 0 bridgehead atoms. The highest BCUT2D eigenvalue weighted by Gasteiger charge is 2.33. The largest absolute Gasteiger partial charge is 0.384 e. The number of benzene rings is 3. The molecule has 2 nitrogen and oxygen atoms in total. The molecule has 2 N–H and O–H groups in total. The van der Waals surface area contributed by atoms with Crippen LogP contribution in [0.1, 0.15) is 29.7 Å². The summed E-state index contributed by atoms with van der Waals surface area (Å²) in [7, 11) is 0. The van der Waals surface area contributed by atoms with Gasteiger partial charge in [-0.05, 0) is 35.3 Å². The summed E-state index contributed by atoms with van der Waals surface area (Å²) >= 11 is 0. The summed E-state index contributed by atoms with van der Waals surface area (Å²) in [5.41, 5.74) is 1.73. The lowest BCUT2D eigenvalue weighted by Gasteiger charge is -2.31. The van der Waals surface area contributed by atoms with Crippen molar-refractivity contribution >= 4 is 0 Å². The van der Waals surface area contributed by atoms with Crippen LogP contribution in [0.15, 0.2) is 103 Å². The van der Waals surface area contributed by atoms with E-state index in [2.05, 4.69) is 0 Å². The van der Waals surface area contributed by atoms with Gasteiger partial charge >= 0.3 is 0 Å². The molecule has 1 unspecified atom stereocenters. The second-order valence-corrected chi connectivity index (χ2v) is 6.15. The van der Waals surface area contributed by atoms with Crippen LogP contribution < -0.4 is 0 Å². The van der Waals surface area contributed by atoms with Gasteiger partial charge < -0.3 is 10.2 Å². The Morgan fingerprint density at radius 1 is 0.760 bits per heavy atom. The lowest BCUT2D eigenvalue weighted by molar-refractivity contribution is 0.117. The van der Waals surface area contributed by atoms with Crippen molar-refractivity contribution in [3.05, 3.63) is 119 Å². The molecule has 0 aliphatic rings. The first kappa shape index (κ1) is 17.2. The summed E-state index contributed by atoms with van der Waals surface area (Å²) in [4.78, 5) is 0. The molecule has 3 aromatic rings. The summed E-state index contributed by atoms with van der Waals surface area (Å²) in [6.45, 7) is 1.85. The van der Waals surface area contributed by atoms with Crippen LogP contribution in [0.3, 0.4) is 0 Å². The second-order valence-electron chi connectivity index (χ2n) is 6.15. The van der Waals surface area contributed by atoms with Crippen LogP contribution in [0.25, 0.3) is 0 Å². The van der Waals surface area contributed by atoms with Gasteiger partial charge in [0.1, 0.15) is 5.60 Å². The van der Waals surface area contributed by atoms with E-state index in [1.807, 2.05) is 97.9 Å². The van der Waals surface area contributed by atoms with Gasteiger partial charge in [0.25, 0.3) is 0 Å². The minimum atomic E-state index is -1.29. The predicted octanol–water partition coefficient (Wildman–Crippen LogP) is 4.60. The summed E-state index contributed by atoms with van der Waals surface area (Å²) in [6, 6.07) is 28.5. The number of rotatable bonds is 5. The van der Waals surface area contributed by atoms with Gasteiger partial charge in [-0.15, -0.1) is 0 Å². The molecule has 0 amide bonds. The van der Waals surface area contributed by atoms with Crippen LogP contribution in [-0.4, -0.2) is 10.2 Å². The molecule has 126 valence electrons. The zero-order valence-corrected chi connectivity index (χ0v) is 14.2. The number of aliphatic hydroxyl groups is 2. The van der Waals surface area contributed by atoms with Gasteiger partial charge in [0.05, 0.1) is 6.10 Å². The fourth-order valence-corrected chi connectivity index (χ4v) is 3.08. The Hall–Kier alpha value is -2.68. The van der Waals surface area contributed by atoms with Crippen molar-refractivity contribution in [1.82, 2.24) is 0 Å². The average molecular weight is 330 g/mol. The van der Waals surface area contributed by atoms with E-state index in [1.165, 1.54) is 0 Å². The molecule has 0 saturated carbocycles. The van der Waals surface area contributed by atoms with Crippen LogP contribution in [0.5, 0.6) is 0 Å². The molecule has 0 heterocycles. The summed E-state index contributed by atoms with van der Waals surface area (Å²) < 4.78 is 0. The zero-order chi connectivity index (χ0) is 17.7. The van der Waals surface area contributed by atoms with E-state index in [-0.39, 0.29) is 0 Å². The van der Waals surface area contributed by atoms with Gasteiger partial charge in [0.15, 0.2) is 0 Å². The Morgan fingerprint density at radius 2 is 1.16 bits per heavy atom. The summed E-state index contributed by atoms with van der Waals surface area (Å²) in [6.07, 6.45) is 0.940. The van der Waals surface area contributed by atoms with Crippen molar-refractivity contribution in [2.75, 3.05) is 0 Å². The van der Waals surface area contributed by atoms with Gasteiger partial charge in [-0.2, -0.15) is 0 Å². The number of aliphatic hydroxyl groups excluding tert-OH is 1. The predicted molar refractivity (Wildman–Crippen MR) is 101 cm³/mol. The molecule has 0 fully saturated rings. The lowest BCUT2D eigenvalue weighted by atomic mass is 9.80. The van der Waals surface area contributed by atoms with E-state index in [0.717, 1.165) is 16.7 Å². The monoisotopic (exact) mass is 330 g/mol. The summed E-state index contributed by atoms with van der Waals surface area (Å²) in [5.74, 6) is 0. The van der Waals surface area contributed by atoms with Crippen molar-refractivity contribution in [1.29, 1.82) is 0 Å². The fraction of sp³-hybridized carbons (Fsp3) is 0.130. The zero-order valence-electron chi connectivity index (χ0n) is 14.2. The topological polar surface area (TPSA) is 40.5 Å². The molecule has 0 aromatic heterocycles. The number of hydrogen-bond donors (Lipinski definition) is 2. The van der Waals surface area contributed by atoms with Gasteiger partial charge in [-0.1, -0.05) is 91.0 Å². The molecular weight excluding hydrogens is 308 g/mol. The van der Waals surface area contributed by atoms with Crippen LogP contribution in [0.2, 0.25) is 0 Å². The third kappa shape index (κ3) is 3.55. The highest BCUT2D eigenvalue weighted by Crippen LogP contribution is 2.37. The molecule has 0 radical (unpaired) electrons. The Balaban J connectivity index is 2.07. The van der Waals surface area contributed by atoms with E-state index >= 15 is 0 Å². The molecule has 3 rings (SSSR count). The van der Waals surface area contributed by atoms with Gasteiger partial charge in [-0.25, -0.2) is 0 Å². The van der Waals surface area contributed by atoms with E-state index < -0.39 is 11.7 Å². The molecule has 1 atom stereocenters. The molecule has 3 aromatic carbocycles. The van der Waals surface area contributed by atoms with Crippen LogP contribution >= 0.6 is 0 Å². The van der Waals surface area contributed by atoms with Crippen molar-refractivity contribution in [2.45, 2.75) is 18.6 Å². The van der Waals surface area contributed by atoms with E-state index in [0.29, 0.717) is 5.57 Å². The Morgan fingerprint density at radius 3 is 1.60 bits per heavy atom. The maximum atomic E-state index is 11.6. The van der Waals surface area contributed by atoms with Crippen molar-refractivity contribution < 1.29 is 10.2 Å². The summed E-state index contributed by atoms with van der Waals surface area (Å²) in [5, 5.41) is 22.2. The molecule has 2 heteroatoms. The molecule has 0 spiro atoms. The quantitative estimate of drug-likeness (QED) is 0.671. The Kier molecular flexibility index (Phi) is 5.13. The average Bonchev–Trinajstić information content (AvgIpc) is 2.69. The third-order valence-corrected chi connectivity index (χ3v) is 4.50. The molecule has 0 aliphatic heterocycles. The third-order valence-electron chi connectivity index (χ3n) is 4.50. The van der Waals surface area contributed by atoms with Gasteiger partial charge in [0, 0.05) is 0 Å². The van der Waals surface area contributed by atoms with Gasteiger partial charge in [0.2, 0.25) is 0 Å². The second kappa shape index (κ2) is 7.47. The first-order chi connectivity index (χ1) is 12.1. The van der Waals surface area contributed by atoms with E-state index in [4.69, 9.17) is 0 Å². The molecule has 25 heavy (non-hydrogen) atoms. The normalized spacial score (nSPS) is 13.5. The van der Waals surface area contributed by atoms with E-state index in [9.17, 15) is 10.2 Å². The van der Waals surface area contributed by atoms with Crippen LogP contribution in [-0.2, 0) is 5.60 Å². The first-order valence-electron chi connectivity index (χ1n) is 8.37. The highest BCUT2D eigenvalue weighted by molar-refractivity contribution is 5.45. The SMILES string of the molecule is CC(=CC(O)c1ccccc1)C(O)(c1ccccc1)c1ccccc1. The molecular formula is C23H22O2. The lowest BCUT2D eigenvalue weighted by Crippen LogP contribution is -2.29. The van der Waals surface area contributed by atoms with Crippen molar-refractivity contribution in [2.24, 2.45) is 0 Å². The maximum Gasteiger partial charge on any atom is 0.136 e. The number of hydrogen-bond acceptors (Lipinski definition) is 2. The van der Waals surface area contributed by atoms with E-state index in [1.54, 1.807) is 6.08 Å². The van der Waals surface area contributed by atoms with Gasteiger partial charge in [-0.3, -0.25) is 0 Å². The van der Waals surface area contributed by atoms with Crippen molar-refractivity contribution in [3.8, 4) is 0 Å². The fourth-order valence-electron chi connectivity index (χ4n) is 3.08. The smallest absolute Gasteiger partial charge is 0.136 e. The molecule has 0 saturated heterocycles. The van der Waals surface area contributed by atoms with Crippen LogP contribution in [0.4, 0.5) is 0 Å². The van der Waals surface area contributed by atoms with Crippen molar-refractivity contribution in [3.63, 3.8) is 0 Å². The Bertz CT molecular complexity index is 784. The Labute approximate surface area is 148 Å². The maximum absolute atomic E-state index is 11.6. The standard InChI is InChI=1S/C23H22O2/c1-18(17-22(24)19-11-5-2-6-12-19)23(25,20-13-7-3-8-14-20)21-15-9-4-10-16-21/h2-17,22,24-25H,1H3. The first-order valence-corrected chi connectivity index (χ1v) is 8.37. The molecule has 0 aliphatic carbocycles. The highest BCUT2D eigenvalue weighted by atomic mass is 16.3. The minimum Gasteiger partial charge on any atom is -0.384 e. The van der Waals surface area contributed by atoms with Crippen LogP contribution in [0, 0.1) is 0 Å². The minimum absolute atomic E-state index is 0.682.